The molecule has 0 atom stereocenters. The van der Waals surface area contributed by atoms with E-state index in [-0.39, 0.29) is 5.63 Å². The second-order valence-electron chi connectivity index (χ2n) is 3.56. The van der Waals surface area contributed by atoms with Gasteiger partial charge in [0.15, 0.2) is 5.76 Å². The van der Waals surface area contributed by atoms with Gasteiger partial charge in [-0.25, -0.2) is 4.79 Å². The maximum atomic E-state index is 11.8. The van der Waals surface area contributed by atoms with Crippen LogP contribution < -0.4 is 5.63 Å². The van der Waals surface area contributed by atoms with Gasteiger partial charge in [-0.1, -0.05) is 30.3 Å². The number of benzene rings is 1. The zero-order valence-corrected chi connectivity index (χ0v) is 11.0. The predicted octanol–water partition coefficient (Wildman–Crippen LogP) is 4.28. The number of halogens is 1. The summed E-state index contributed by atoms with van der Waals surface area (Å²) < 4.78 is 6.86. The molecule has 1 aromatic carbocycles. The van der Waals surface area contributed by atoms with Crippen LogP contribution in [0.5, 0.6) is 0 Å². The molecule has 0 fully saturated rings. The highest BCUT2D eigenvalue weighted by Gasteiger charge is 2.13. The summed E-state index contributed by atoms with van der Waals surface area (Å²) in [6.07, 6.45) is 0. The SMILES string of the molecule is O=c1oc(-c2ccccc2)c(Br)c2ccsc12. The summed E-state index contributed by atoms with van der Waals surface area (Å²) in [6, 6.07) is 11.5. The minimum Gasteiger partial charge on any atom is -0.420 e. The molecule has 0 aliphatic carbocycles. The molecular weight excluding hydrogens is 300 g/mol. The highest BCUT2D eigenvalue weighted by Crippen LogP contribution is 2.34. The van der Waals surface area contributed by atoms with Crippen LogP contribution in [0.2, 0.25) is 0 Å². The van der Waals surface area contributed by atoms with Gasteiger partial charge < -0.3 is 4.42 Å². The van der Waals surface area contributed by atoms with E-state index in [9.17, 15) is 4.79 Å². The number of thiophene rings is 1. The van der Waals surface area contributed by atoms with E-state index in [0.717, 1.165) is 15.4 Å². The topological polar surface area (TPSA) is 30.2 Å². The monoisotopic (exact) mass is 306 g/mol. The van der Waals surface area contributed by atoms with Crippen molar-refractivity contribution in [1.29, 1.82) is 0 Å². The predicted molar refractivity (Wildman–Crippen MR) is 73.5 cm³/mol. The summed E-state index contributed by atoms with van der Waals surface area (Å²) in [6.45, 7) is 0. The van der Waals surface area contributed by atoms with E-state index in [2.05, 4.69) is 15.9 Å². The molecule has 0 N–H and O–H groups in total. The highest BCUT2D eigenvalue weighted by atomic mass is 79.9. The molecular formula is C13H7BrO2S. The van der Waals surface area contributed by atoms with Gasteiger partial charge in [0.05, 0.1) is 4.47 Å². The van der Waals surface area contributed by atoms with Crippen molar-refractivity contribution in [3.63, 3.8) is 0 Å². The normalized spacial score (nSPS) is 10.9. The van der Waals surface area contributed by atoms with Crippen molar-refractivity contribution in [1.82, 2.24) is 0 Å². The molecule has 2 aromatic heterocycles. The molecule has 4 heteroatoms. The number of fused-ring (bicyclic) bond motifs is 1. The van der Waals surface area contributed by atoms with Gasteiger partial charge in [0.1, 0.15) is 4.70 Å². The van der Waals surface area contributed by atoms with E-state index in [4.69, 9.17) is 4.42 Å². The molecule has 0 spiro atoms. The first-order valence-electron chi connectivity index (χ1n) is 5.02. The molecule has 0 aliphatic heterocycles. The summed E-state index contributed by atoms with van der Waals surface area (Å²) in [5.74, 6) is 0.585. The maximum absolute atomic E-state index is 11.8. The van der Waals surface area contributed by atoms with E-state index >= 15 is 0 Å². The zero-order valence-electron chi connectivity index (χ0n) is 8.64. The van der Waals surface area contributed by atoms with E-state index in [0.29, 0.717) is 10.5 Å². The van der Waals surface area contributed by atoms with Crippen LogP contribution in [0.25, 0.3) is 21.4 Å². The maximum Gasteiger partial charge on any atom is 0.354 e. The van der Waals surface area contributed by atoms with Gasteiger partial charge in [-0.05, 0) is 27.4 Å². The molecule has 17 heavy (non-hydrogen) atoms. The molecule has 0 aliphatic rings. The lowest BCUT2D eigenvalue weighted by Gasteiger charge is -2.03. The molecule has 0 unspecified atom stereocenters. The first-order chi connectivity index (χ1) is 8.27. The van der Waals surface area contributed by atoms with E-state index in [1.54, 1.807) is 0 Å². The zero-order chi connectivity index (χ0) is 11.8. The fourth-order valence-corrected chi connectivity index (χ4v) is 3.27. The Morgan fingerprint density at radius 1 is 1.12 bits per heavy atom. The Morgan fingerprint density at radius 2 is 1.88 bits per heavy atom. The number of rotatable bonds is 1. The summed E-state index contributed by atoms with van der Waals surface area (Å²) >= 11 is 4.90. The second kappa shape index (κ2) is 4.13. The Balaban J connectivity index is 2.38. The Labute approximate surface area is 110 Å². The molecule has 0 saturated heterocycles. The van der Waals surface area contributed by atoms with Crippen molar-refractivity contribution in [2.75, 3.05) is 0 Å². The molecule has 0 bridgehead atoms. The van der Waals surface area contributed by atoms with Crippen molar-refractivity contribution >= 4 is 37.4 Å². The van der Waals surface area contributed by atoms with Gasteiger partial charge in [0.25, 0.3) is 0 Å². The standard InChI is InChI=1S/C13H7BrO2S/c14-10-9-6-7-17-12(9)13(15)16-11(10)8-4-2-1-3-5-8/h1-7H. The van der Waals surface area contributed by atoms with Gasteiger partial charge in [-0.3, -0.25) is 0 Å². The molecule has 2 nitrogen and oxygen atoms in total. The molecule has 3 aromatic rings. The number of hydrogen-bond acceptors (Lipinski definition) is 3. The molecule has 0 radical (unpaired) electrons. The highest BCUT2D eigenvalue weighted by molar-refractivity contribution is 9.10. The van der Waals surface area contributed by atoms with Crippen molar-refractivity contribution < 1.29 is 4.42 Å². The summed E-state index contributed by atoms with van der Waals surface area (Å²) in [7, 11) is 0. The first-order valence-corrected chi connectivity index (χ1v) is 6.70. The fourth-order valence-electron chi connectivity index (χ4n) is 1.72. The van der Waals surface area contributed by atoms with Crippen LogP contribution in [-0.4, -0.2) is 0 Å². The van der Waals surface area contributed by atoms with Crippen molar-refractivity contribution in [2.45, 2.75) is 0 Å². The molecule has 3 rings (SSSR count). The third-order valence-corrected chi connectivity index (χ3v) is 4.20. The van der Waals surface area contributed by atoms with Gasteiger partial charge in [-0.2, -0.15) is 0 Å². The Morgan fingerprint density at radius 3 is 2.65 bits per heavy atom. The summed E-state index contributed by atoms with van der Waals surface area (Å²) in [5, 5.41) is 2.80. The van der Waals surface area contributed by atoms with Crippen LogP contribution >= 0.6 is 27.3 Å². The molecule has 2 heterocycles. The smallest absolute Gasteiger partial charge is 0.354 e. The Kier molecular flexibility index (Phi) is 2.61. The van der Waals surface area contributed by atoms with Gasteiger partial charge >= 0.3 is 5.63 Å². The first kappa shape index (κ1) is 10.7. The minimum absolute atomic E-state index is 0.281. The minimum atomic E-state index is -0.281. The van der Waals surface area contributed by atoms with Crippen molar-refractivity contribution in [2.24, 2.45) is 0 Å². The van der Waals surface area contributed by atoms with Crippen LogP contribution in [0.1, 0.15) is 0 Å². The number of hydrogen-bond donors (Lipinski definition) is 0. The molecule has 84 valence electrons. The van der Waals surface area contributed by atoms with Crippen molar-refractivity contribution in [3.05, 3.63) is 56.7 Å². The lowest BCUT2D eigenvalue weighted by Crippen LogP contribution is -1.98. The average Bonchev–Trinajstić information content (AvgIpc) is 2.85. The van der Waals surface area contributed by atoms with Gasteiger partial charge in [0.2, 0.25) is 0 Å². The van der Waals surface area contributed by atoms with Crippen LogP contribution in [0.4, 0.5) is 0 Å². The Hall–Kier alpha value is -1.39. The third kappa shape index (κ3) is 1.73. The van der Waals surface area contributed by atoms with E-state index in [1.165, 1.54) is 11.3 Å². The second-order valence-corrected chi connectivity index (χ2v) is 5.27. The average molecular weight is 307 g/mol. The van der Waals surface area contributed by atoms with Crippen molar-refractivity contribution in [3.8, 4) is 11.3 Å². The lowest BCUT2D eigenvalue weighted by atomic mass is 10.1. The van der Waals surface area contributed by atoms with E-state index in [1.807, 2.05) is 41.8 Å². The quantitative estimate of drug-likeness (QED) is 0.671. The lowest BCUT2D eigenvalue weighted by molar-refractivity contribution is 0.533. The van der Waals surface area contributed by atoms with Crippen LogP contribution in [0, 0.1) is 0 Å². The van der Waals surface area contributed by atoms with Crippen LogP contribution in [0.3, 0.4) is 0 Å². The van der Waals surface area contributed by atoms with Gasteiger partial charge in [-0.15, -0.1) is 11.3 Å². The Bertz CT molecular complexity index is 728. The summed E-state index contributed by atoms with van der Waals surface area (Å²) in [4.78, 5) is 11.8. The van der Waals surface area contributed by atoms with E-state index < -0.39 is 0 Å². The third-order valence-electron chi connectivity index (χ3n) is 2.52. The fraction of sp³-hybridized carbons (Fsp3) is 0. The van der Waals surface area contributed by atoms with Crippen LogP contribution in [0.15, 0.2) is 55.5 Å². The van der Waals surface area contributed by atoms with Gasteiger partial charge in [0, 0.05) is 10.9 Å². The molecule has 0 amide bonds. The molecule has 0 saturated carbocycles. The largest absolute Gasteiger partial charge is 0.420 e. The van der Waals surface area contributed by atoms with Crippen LogP contribution in [-0.2, 0) is 0 Å². The summed E-state index contributed by atoms with van der Waals surface area (Å²) in [5.41, 5.74) is 0.613.